The molecule has 0 saturated carbocycles. The molecule has 0 amide bonds. The highest BCUT2D eigenvalue weighted by Gasteiger charge is 2.10. The highest BCUT2D eigenvalue weighted by atomic mass is 35.5. The van der Waals surface area contributed by atoms with E-state index in [2.05, 4.69) is 4.98 Å². The van der Waals surface area contributed by atoms with E-state index in [9.17, 15) is 5.11 Å². The summed E-state index contributed by atoms with van der Waals surface area (Å²) in [5, 5.41) is 12.0. The van der Waals surface area contributed by atoms with Crippen molar-refractivity contribution in [3.8, 4) is 11.6 Å². The van der Waals surface area contributed by atoms with Gasteiger partial charge in [-0.2, -0.15) is 0 Å². The van der Waals surface area contributed by atoms with Gasteiger partial charge in [-0.05, 0) is 29.7 Å². The Kier molecular flexibility index (Phi) is 3.97. The van der Waals surface area contributed by atoms with Crippen molar-refractivity contribution in [1.82, 2.24) is 4.98 Å². The predicted octanol–water partition coefficient (Wildman–Crippen LogP) is 4.83. The van der Waals surface area contributed by atoms with Gasteiger partial charge in [0.25, 0.3) is 0 Å². The number of benzene rings is 2. The van der Waals surface area contributed by atoms with E-state index in [-0.39, 0.29) is 6.61 Å². The van der Waals surface area contributed by atoms with E-state index in [0.29, 0.717) is 21.7 Å². The summed E-state index contributed by atoms with van der Waals surface area (Å²) in [5.41, 5.74) is 0.750. The summed E-state index contributed by atoms with van der Waals surface area (Å²) in [4.78, 5) is 4.26. The molecule has 1 heterocycles. The van der Waals surface area contributed by atoms with E-state index in [0.717, 1.165) is 16.3 Å². The third-order valence-corrected chi connectivity index (χ3v) is 3.64. The molecule has 0 aliphatic rings. The molecule has 0 bridgehead atoms. The summed E-state index contributed by atoms with van der Waals surface area (Å²) in [6.45, 7) is -0.0739. The molecule has 0 atom stereocenters. The lowest BCUT2D eigenvalue weighted by Crippen LogP contribution is -1.94. The normalized spacial score (nSPS) is 10.8. The van der Waals surface area contributed by atoms with Gasteiger partial charge in [0.05, 0.1) is 11.6 Å². The largest absolute Gasteiger partial charge is 0.437 e. The number of fused-ring (bicyclic) bond motifs is 1. The van der Waals surface area contributed by atoms with Gasteiger partial charge in [0.1, 0.15) is 5.75 Å². The van der Waals surface area contributed by atoms with E-state index >= 15 is 0 Å². The lowest BCUT2D eigenvalue weighted by atomic mass is 10.1. The second kappa shape index (κ2) is 5.90. The van der Waals surface area contributed by atoms with E-state index < -0.39 is 0 Å². The van der Waals surface area contributed by atoms with Crippen molar-refractivity contribution in [3.63, 3.8) is 0 Å². The molecular weight excluding hydrogens is 309 g/mol. The first kappa shape index (κ1) is 14.1. The van der Waals surface area contributed by atoms with Crippen LogP contribution in [0.4, 0.5) is 0 Å². The molecule has 3 nitrogen and oxygen atoms in total. The Morgan fingerprint density at radius 1 is 1.05 bits per heavy atom. The molecule has 3 rings (SSSR count). The molecule has 0 unspecified atom stereocenters. The van der Waals surface area contributed by atoms with Gasteiger partial charge in [0.2, 0.25) is 5.88 Å². The first-order chi connectivity index (χ1) is 10.2. The van der Waals surface area contributed by atoms with E-state index in [1.807, 2.05) is 24.3 Å². The molecule has 5 heteroatoms. The molecule has 0 aliphatic carbocycles. The van der Waals surface area contributed by atoms with Crippen LogP contribution in [-0.4, -0.2) is 10.1 Å². The van der Waals surface area contributed by atoms with Crippen molar-refractivity contribution < 1.29 is 9.84 Å². The minimum Gasteiger partial charge on any atom is -0.437 e. The van der Waals surface area contributed by atoms with Gasteiger partial charge in [0, 0.05) is 22.2 Å². The maximum atomic E-state index is 9.37. The van der Waals surface area contributed by atoms with Crippen LogP contribution in [0.5, 0.6) is 11.6 Å². The summed E-state index contributed by atoms with van der Waals surface area (Å²) in [7, 11) is 0. The molecule has 21 heavy (non-hydrogen) atoms. The molecular formula is C16H11Cl2NO2. The van der Waals surface area contributed by atoms with E-state index in [1.54, 1.807) is 24.4 Å². The zero-order valence-electron chi connectivity index (χ0n) is 10.9. The maximum Gasteiger partial charge on any atom is 0.227 e. The quantitative estimate of drug-likeness (QED) is 0.752. The number of nitrogens with zero attached hydrogens (tertiary/aromatic N) is 1. The van der Waals surface area contributed by atoms with Crippen LogP contribution in [0.2, 0.25) is 10.0 Å². The number of aliphatic hydroxyl groups is 1. The number of pyridine rings is 1. The monoisotopic (exact) mass is 319 g/mol. The number of aliphatic hydroxyl groups excluding tert-OH is 1. The van der Waals surface area contributed by atoms with Crippen LogP contribution in [0.25, 0.3) is 10.8 Å². The number of hydrogen-bond acceptors (Lipinski definition) is 3. The number of aromatic nitrogens is 1. The van der Waals surface area contributed by atoms with Gasteiger partial charge in [0.15, 0.2) is 0 Å². The molecule has 0 saturated heterocycles. The average Bonchev–Trinajstić information content (AvgIpc) is 2.50. The van der Waals surface area contributed by atoms with Crippen LogP contribution in [0, 0.1) is 0 Å². The zero-order valence-corrected chi connectivity index (χ0v) is 12.4. The van der Waals surface area contributed by atoms with Crippen LogP contribution in [-0.2, 0) is 6.61 Å². The molecule has 1 aromatic heterocycles. The number of halogens is 2. The minimum atomic E-state index is -0.0739. The summed E-state index contributed by atoms with van der Waals surface area (Å²) < 4.78 is 5.79. The van der Waals surface area contributed by atoms with Crippen molar-refractivity contribution in [2.75, 3.05) is 0 Å². The summed E-state index contributed by atoms with van der Waals surface area (Å²) in [5.74, 6) is 0.919. The number of ether oxygens (including phenoxy) is 1. The summed E-state index contributed by atoms with van der Waals surface area (Å²) in [6.07, 6.45) is 1.60. The first-order valence-electron chi connectivity index (χ1n) is 6.29. The van der Waals surface area contributed by atoms with Crippen molar-refractivity contribution in [2.45, 2.75) is 6.61 Å². The van der Waals surface area contributed by atoms with Crippen LogP contribution < -0.4 is 4.74 Å². The SMILES string of the molecule is OCc1cnc(Oc2ccc(Cl)cc2Cl)c2ccccc12. The molecule has 0 aliphatic heterocycles. The second-order valence-electron chi connectivity index (χ2n) is 4.47. The van der Waals surface area contributed by atoms with Gasteiger partial charge in [-0.15, -0.1) is 0 Å². The smallest absolute Gasteiger partial charge is 0.227 e. The van der Waals surface area contributed by atoms with Crippen molar-refractivity contribution in [1.29, 1.82) is 0 Å². The minimum absolute atomic E-state index is 0.0739. The fourth-order valence-electron chi connectivity index (χ4n) is 2.09. The Hall–Kier alpha value is -1.81. The van der Waals surface area contributed by atoms with Crippen LogP contribution in [0.3, 0.4) is 0 Å². The van der Waals surface area contributed by atoms with Gasteiger partial charge < -0.3 is 9.84 Å². The molecule has 0 spiro atoms. The first-order valence-corrected chi connectivity index (χ1v) is 7.05. The summed E-state index contributed by atoms with van der Waals surface area (Å²) >= 11 is 12.0. The third kappa shape index (κ3) is 2.81. The Labute approximate surface area is 131 Å². The van der Waals surface area contributed by atoms with E-state index in [4.69, 9.17) is 27.9 Å². The fourth-order valence-corrected chi connectivity index (χ4v) is 2.54. The van der Waals surface area contributed by atoms with Crippen molar-refractivity contribution >= 4 is 34.0 Å². The van der Waals surface area contributed by atoms with Crippen molar-refractivity contribution in [3.05, 3.63) is 64.3 Å². The molecule has 2 aromatic carbocycles. The molecule has 0 fully saturated rings. The third-order valence-electron chi connectivity index (χ3n) is 3.11. The average molecular weight is 320 g/mol. The summed E-state index contributed by atoms with van der Waals surface area (Å²) in [6, 6.07) is 12.6. The maximum absolute atomic E-state index is 9.37. The lowest BCUT2D eigenvalue weighted by molar-refractivity contribution is 0.283. The molecule has 3 aromatic rings. The fraction of sp³-hybridized carbons (Fsp3) is 0.0625. The zero-order chi connectivity index (χ0) is 14.8. The van der Waals surface area contributed by atoms with Crippen LogP contribution in [0.15, 0.2) is 48.7 Å². The number of hydrogen-bond donors (Lipinski definition) is 1. The lowest BCUT2D eigenvalue weighted by Gasteiger charge is -2.11. The van der Waals surface area contributed by atoms with Gasteiger partial charge >= 0.3 is 0 Å². The second-order valence-corrected chi connectivity index (χ2v) is 5.31. The standard InChI is InChI=1S/C16H11Cl2NO2/c17-11-5-6-15(14(18)7-11)21-16-13-4-2-1-3-12(13)10(9-20)8-19-16/h1-8,20H,9H2. The van der Waals surface area contributed by atoms with Crippen molar-refractivity contribution in [2.24, 2.45) is 0 Å². The highest BCUT2D eigenvalue weighted by molar-refractivity contribution is 6.35. The molecule has 106 valence electrons. The number of rotatable bonds is 3. The Morgan fingerprint density at radius 3 is 2.52 bits per heavy atom. The van der Waals surface area contributed by atoms with Crippen LogP contribution in [0.1, 0.15) is 5.56 Å². The van der Waals surface area contributed by atoms with Gasteiger partial charge in [-0.1, -0.05) is 41.4 Å². The Balaban J connectivity index is 2.09. The topological polar surface area (TPSA) is 42.4 Å². The van der Waals surface area contributed by atoms with Gasteiger partial charge in [-0.3, -0.25) is 0 Å². The van der Waals surface area contributed by atoms with Gasteiger partial charge in [-0.25, -0.2) is 4.98 Å². The van der Waals surface area contributed by atoms with E-state index in [1.165, 1.54) is 0 Å². The highest BCUT2D eigenvalue weighted by Crippen LogP contribution is 2.34. The van der Waals surface area contributed by atoms with Crippen LogP contribution >= 0.6 is 23.2 Å². The Bertz CT molecular complexity index is 805. The Morgan fingerprint density at radius 2 is 1.81 bits per heavy atom. The molecule has 1 N–H and O–H groups in total. The molecule has 0 radical (unpaired) electrons. The predicted molar refractivity (Wildman–Crippen MR) is 84.2 cm³/mol.